The highest BCUT2D eigenvalue weighted by Crippen LogP contribution is 2.27. The highest BCUT2D eigenvalue weighted by atomic mass is 28.4. The van der Waals surface area contributed by atoms with Gasteiger partial charge in [-0.15, -0.1) is 0 Å². The number of hydrogen-bond acceptors (Lipinski definition) is 2. The average molecular weight is 220 g/mol. The minimum absolute atomic E-state index is 0.593. The van der Waals surface area contributed by atoms with Gasteiger partial charge in [0.15, 0.2) is 14.6 Å². The van der Waals surface area contributed by atoms with Crippen molar-refractivity contribution in [1.29, 1.82) is 0 Å². The summed E-state index contributed by atoms with van der Waals surface area (Å²) in [5, 5.41) is 0. The third-order valence-electron chi connectivity index (χ3n) is 2.90. The molecule has 0 N–H and O–H groups in total. The second-order valence-corrected chi connectivity index (χ2v) is 8.60. The second-order valence-electron chi connectivity index (χ2n) is 3.91. The second kappa shape index (κ2) is 5.61. The van der Waals surface area contributed by atoms with Gasteiger partial charge in [0.1, 0.15) is 12.3 Å². The third-order valence-corrected chi connectivity index (χ3v) is 7.66. The molecule has 0 aromatic rings. The van der Waals surface area contributed by atoms with E-state index in [1.165, 1.54) is 6.92 Å². The van der Waals surface area contributed by atoms with Crippen molar-refractivity contribution in [3.05, 3.63) is 0 Å². The lowest BCUT2D eigenvalue weighted by Gasteiger charge is -2.35. The Kier molecular flexibility index (Phi) is 5.52. The van der Waals surface area contributed by atoms with Crippen molar-refractivity contribution in [1.82, 2.24) is 0 Å². The number of alkyl halides is 1. The van der Waals surface area contributed by atoms with E-state index in [1.54, 1.807) is 0 Å². The van der Waals surface area contributed by atoms with E-state index < -0.39 is 20.6 Å². The highest BCUT2D eigenvalue weighted by molar-refractivity contribution is 6.73. The zero-order chi connectivity index (χ0) is 11.2. The number of carbonyl (C=O) groups is 1. The van der Waals surface area contributed by atoms with E-state index in [-0.39, 0.29) is 0 Å². The largest absolute Gasteiger partial charge is 0.402 e. The topological polar surface area (TPSA) is 26.3 Å². The van der Waals surface area contributed by atoms with Gasteiger partial charge in [0.05, 0.1) is 0 Å². The van der Waals surface area contributed by atoms with Crippen LogP contribution in [0.2, 0.25) is 18.1 Å². The fourth-order valence-electron chi connectivity index (χ4n) is 1.54. The number of halogens is 1. The van der Waals surface area contributed by atoms with Gasteiger partial charge in [-0.05, 0) is 25.1 Å². The molecular formula is C10H21FO2Si. The van der Waals surface area contributed by atoms with Crippen LogP contribution >= 0.6 is 0 Å². The Balaban J connectivity index is 4.64. The van der Waals surface area contributed by atoms with Crippen molar-refractivity contribution in [3.63, 3.8) is 0 Å². The van der Waals surface area contributed by atoms with Crippen molar-refractivity contribution in [2.45, 2.75) is 51.4 Å². The molecule has 0 saturated carbocycles. The molecule has 0 aromatic carbocycles. The molecule has 0 amide bonds. The molecule has 2 nitrogen and oxygen atoms in total. The molecule has 0 aromatic heterocycles. The van der Waals surface area contributed by atoms with E-state index in [2.05, 4.69) is 20.8 Å². The first-order valence-electron chi connectivity index (χ1n) is 5.24. The fraction of sp³-hybridized carbons (Fsp3) is 0.900. The minimum atomic E-state index is -1.87. The Labute approximate surface area is 87.0 Å². The van der Waals surface area contributed by atoms with E-state index in [0.29, 0.717) is 6.29 Å². The van der Waals surface area contributed by atoms with Gasteiger partial charge in [0.2, 0.25) is 0 Å². The van der Waals surface area contributed by atoms with Gasteiger partial charge < -0.3 is 9.22 Å². The molecule has 4 heteroatoms. The van der Waals surface area contributed by atoms with E-state index in [9.17, 15) is 9.18 Å². The summed E-state index contributed by atoms with van der Waals surface area (Å²) in [6.45, 7) is 6.97. The van der Waals surface area contributed by atoms with Crippen molar-refractivity contribution in [2.24, 2.45) is 0 Å². The van der Waals surface area contributed by atoms with Gasteiger partial charge >= 0.3 is 0 Å². The van der Waals surface area contributed by atoms with Crippen LogP contribution in [0.3, 0.4) is 0 Å². The third kappa shape index (κ3) is 3.17. The molecule has 0 radical (unpaired) electrons. The number of aldehydes is 1. The molecule has 0 fully saturated rings. The van der Waals surface area contributed by atoms with Crippen molar-refractivity contribution >= 4 is 14.6 Å². The lowest BCUT2D eigenvalue weighted by molar-refractivity contribution is -0.122. The molecule has 0 aliphatic heterocycles. The molecule has 0 rings (SSSR count). The van der Waals surface area contributed by atoms with E-state index in [4.69, 9.17) is 4.43 Å². The summed E-state index contributed by atoms with van der Waals surface area (Å²) in [6.07, 6.45) is 0.593. The maximum absolute atomic E-state index is 12.6. The monoisotopic (exact) mass is 220 g/mol. The maximum Gasteiger partial charge on any atom is 0.193 e. The smallest absolute Gasteiger partial charge is 0.193 e. The molecule has 14 heavy (non-hydrogen) atoms. The maximum atomic E-state index is 12.6. The molecule has 0 unspecified atom stereocenters. The first kappa shape index (κ1) is 13.8. The zero-order valence-electron chi connectivity index (χ0n) is 9.60. The fourth-order valence-corrected chi connectivity index (χ4v) is 4.57. The molecule has 0 bridgehead atoms. The van der Waals surface area contributed by atoms with Crippen LogP contribution in [0, 0.1) is 0 Å². The normalized spacial score (nSPS) is 16.4. The highest BCUT2D eigenvalue weighted by Gasteiger charge is 2.38. The Morgan fingerprint density at radius 2 is 1.71 bits per heavy atom. The first-order valence-corrected chi connectivity index (χ1v) is 7.76. The van der Waals surface area contributed by atoms with Crippen LogP contribution in [0.4, 0.5) is 4.39 Å². The first-order chi connectivity index (χ1) is 6.51. The van der Waals surface area contributed by atoms with Crippen LogP contribution < -0.4 is 0 Å². The SMILES string of the molecule is CC[Si](CC)(CC)O[C@](C)(C=O)CF. The predicted molar refractivity (Wildman–Crippen MR) is 58.7 cm³/mol. The zero-order valence-corrected chi connectivity index (χ0v) is 10.6. The van der Waals surface area contributed by atoms with E-state index in [0.717, 1.165) is 18.1 Å². The summed E-state index contributed by atoms with van der Waals surface area (Å²) in [7, 11) is -1.87. The van der Waals surface area contributed by atoms with E-state index in [1.807, 2.05) is 0 Å². The molecule has 0 aliphatic carbocycles. The molecule has 0 spiro atoms. The molecule has 1 atom stereocenters. The Hall–Kier alpha value is -0.223. The summed E-state index contributed by atoms with van der Waals surface area (Å²) in [4.78, 5) is 10.7. The lowest BCUT2D eigenvalue weighted by atomic mass is 10.2. The Morgan fingerprint density at radius 3 is 1.93 bits per heavy atom. The van der Waals surface area contributed by atoms with Crippen LogP contribution in [-0.4, -0.2) is 26.9 Å². The van der Waals surface area contributed by atoms with Gasteiger partial charge in [-0.1, -0.05) is 20.8 Å². The van der Waals surface area contributed by atoms with Gasteiger partial charge in [0.25, 0.3) is 0 Å². The number of hydrogen-bond donors (Lipinski definition) is 0. The summed E-state index contributed by atoms with van der Waals surface area (Å²) in [5.41, 5.74) is -1.21. The lowest BCUT2D eigenvalue weighted by Crippen LogP contribution is -2.48. The molecule has 0 saturated heterocycles. The van der Waals surface area contributed by atoms with E-state index >= 15 is 0 Å². The predicted octanol–water partition coefficient (Wildman–Crippen LogP) is 2.94. The van der Waals surface area contributed by atoms with Crippen molar-refractivity contribution < 1.29 is 13.6 Å². The van der Waals surface area contributed by atoms with Crippen LogP contribution in [0.25, 0.3) is 0 Å². The standard InChI is InChI=1S/C10H21FO2Si/c1-5-14(6-2,7-3)13-10(4,8-11)9-12/h9H,5-8H2,1-4H3/t10-/m0/s1. The molecule has 0 aliphatic rings. The Bertz CT molecular complexity index is 175. The molecular weight excluding hydrogens is 199 g/mol. The van der Waals surface area contributed by atoms with Crippen molar-refractivity contribution in [2.75, 3.05) is 6.67 Å². The summed E-state index contributed by atoms with van der Waals surface area (Å²) < 4.78 is 18.4. The molecule has 84 valence electrons. The average Bonchev–Trinajstić information content (AvgIpc) is 2.26. The number of rotatable bonds is 7. The van der Waals surface area contributed by atoms with Gasteiger partial charge in [-0.3, -0.25) is 0 Å². The summed E-state index contributed by atoms with van der Waals surface area (Å²) in [5.74, 6) is 0. The Morgan fingerprint density at radius 1 is 1.29 bits per heavy atom. The van der Waals surface area contributed by atoms with Crippen LogP contribution in [0.15, 0.2) is 0 Å². The summed E-state index contributed by atoms with van der Waals surface area (Å²) in [6, 6.07) is 2.80. The van der Waals surface area contributed by atoms with Crippen LogP contribution in [-0.2, 0) is 9.22 Å². The number of carbonyl (C=O) groups excluding carboxylic acids is 1. The van der Waals surface area contributed by atoms with Gasteiger partial charge in [-0.2, -0.15) is 0 Å². The van der Waals surface area contributed by atoms with Crippen molar-refractivity contribution in [3.8, 4) is 0 Å². The van der Waals surface area contributed by atoms with Crippen LogP contribution in [0.1, 0.15) is 27.7 Å². The quantitative estimate of drug-likeness (QED) is 0.487. The molecule has 0 heterocycles. The van der Waals surface area contributed by atoms with Crippen LogP contribution in [0.5, 0.6) is 0 Å². The van der Waals surface area contributed by atoms with Gasteiger partial charge in [0, 0.05) is 0 Å². The summed E-state index contributed by atoms with van der Waals surface area (Å²) >= 11 is 0. The van der Waals surface area contributed by atoms with Gasteiger partial charge in [-0.25, -0.2) is 4.39 Å². The minimum Gasteiger partial charge on any atom is -0.402 e.